The number of nitrogens with zero attached hydrogens (tertiary/aromatic N) is 1. The third kappa shape index (κ3) is 5.94. The molecule has 0 spiro atoms. The highest BCUT2D eigenvalue weighted by Gasteiger charge is 2.20. The van der Waals surface area contributed by atoms with Gasteiger partial charge in [-0.1, -0.05) is 24.3 Å². The average molecular weight is 384 g/mol. The highest BCUT2D eigenvalue weighted by molar-refractivity contribution is 5.98. The lowest BCUT2D eigenvalue weighted by Crippen LogP contribution is -2.29. The minimum atomic E-state index is -1.13. The number of nitro groups is 1. The second-order valence-electron chi connectivity index (χ2n) is 5.68. The van der Waals surface area contributed by atoms with Crippen LogP contribution in [0.25, 0.3) is 6.08 Å². The number of esters is 1. The van der Waals surface area contributed by atoms with E-state index in [0.717, 1.165) is 11.3 Å². The molecule has 28 heavy (non-hydrogen) atoms. The molecule has 0 aliphatic heterocycles. The molecule has 0 heterocycles. The molecule has 0 bridgehead atoms. The number of carbonyl (C=O) groups is 2. The SMILES string of the molecule is CCOc1ccc(/C=C/C(=O)O[C@@H](C)C(=O)Nc2ccccc2[N+](=O)[O-])cc1. The summed E-state index contributed by atoms with van der Waals surface area (Å²) in [4.78, 5) is 34.4. The van der Waals surface area contributed by atoms with Crippen LogP contribution in [0.2, 0.25) is 0 Å². The number of para-hydroxylation sites is 2. The van der Waals surface area contributed by atoms with Crippen molar-refractivity contribution in [3.63, 3.8) is 0 Å². The molecule has 0 unspecified atom stereocenters. The van der Waals surface area contributed by atoms with Gasteiger partial charge in [-0.3, -0.25) is 14.9 Å². The average Bonchev–Trinajstić information content (AvgIpc) is 2.68. The standard InChI is InChI=1S/C20H20N2O6/c1-3-27-16-11-8-15(9-12-16)10-13-19(23)28-14(2)20(24)21-17-6-4-5-7-18(17)22(25)26/h4-14H,3H2,1-2H3,(H,21,24)/b13-10+/t14-/m0/s1. The van der Waals surface area contributed by atoms with Gasteiger partial charge in [-0.2, -0.15) is 0 Å². The first kappa shape index (κ1) is 20.6. The lowest BCUT2D eigenvalue weighted by atomic mass is 10.2. The molecule has 8 heteroatoms. The van der Waals surface area contributed by atoms with Crippen molar-refractivity contribution in [3.05, 3.63) is 70.3 Å². The number of hydrogen-bond donors (Lipinski definition) is 1. The van der Waals surface area contributed by atoms with E-state index in [0.29, 0.717) is 6.61 Å². The third-order valence-electron chi connectivity index (χ3n) is 3.62. The molecule has 1 N–H and O–H groups in total. The summed E-state index contributed by atoms with van der Waals surface area (Å²) in [5.41, 5.74) is 0.549. The number of amides is 1. The van der Waals surface area contributed by atoms with E-state index >= 15 is 0 Å². The van der Waals surface area contributed by atoms with Gasteiger partial charge in [0.15, 0.2) is 6.10 Å². The molecular weight excluding hydrogens is 364 g/mol. The highest BCUT2D eigenvalue weighted by atomic mass is 16.6. The Hall–Kier alpha value is -3.68. The molecule has 2 rings (SSSR count). The van der Waals surface area contributed by atoms with E-state index in [-0.39, 0.29) is 11.4 Å². The van der Waals surface area contributed by atoms with E-state index in [1.54, 1.807) is 36.4 Å². The number of hydrogen-bond acceptors (Lipinski definition) is 6. The summed E-state index contributed by atoms with van der Waals surface area (Å²) in [7, 11) is 0. The van der Waals surface area contributed by atoms with Gasteiger partial charge < -0.3 is 14.8 Å². The van der Waals surface area contributed by atoms with E-state index in [9.17, 15) is 19.7 Å². The molecule has 0 aromatic heterocycles. The van der Waals surface area contributed by atoms with Crippen LogP contribution >= 0.6 is 0 Å². The van der Waals surface area contributed by atoms with E-state index in [1.165, 1.54) is 31.2 Å². The summed E-state index contributed by atoms with van der Waals surface area (Å²) in [5.74, 6) is -0.654. The number of nitrogens with one attached hydrogen (secondary N) is 1. The minimum absolute atomic E-state index is 0.0327. The fraction of sp³-hybridized carbons (Fsp3) is 0.200. The maximum absolute atomic E-state index is 12.1. The van der Waals surface area contributed by atoms with Crippen LogP contribution in [-0.2, 0) is 14.3 Å². The molecule has 0 aliphatic carbocycles. The van der Waals surface area contributed by atoms with Gasteiger partial charge in [-0.05, 0) is 43.7 Å². The van der Waals surface area contributed by atoms with Gasteiger partial charge in [-0.15, -0.1) is 0 Å². The van der Waals surface area contributed by atoms with E-state index in [1.807, 2.05) is 6.92 Å². The van der Waals surface area contributed by atoms with Crippen molar-refractivity contribution in [1.29, 1.82) is 0 Å². The van der Waals surface area contributed by atoms with Gasteiger partial charge in [0.1, 0.15) is 11.4 Å². The third-order valence-corrected chi connectivity index (χ3v) is 3.62. The van der Waals surface area contributed by atoms with Crippen LogP contribution < -0.4 is 10.1 Å². The topological polar surface area (TPSA) is 108 Å². The Kier molecular flexibility index (Phi) is 7.27. The van der Waals surface area contributed by atoms with E-state index in [4.69, 9.17) is 9.47 Å². The molecule has 2 aromatic carbocycles. The molecule has 0 radical (unpaired) electrons. The van der Waals surface area contributed by atoms with Crippen LogP contribution in [-0.4, -0.2) is 29.5 Å². The molecule has 1 atom stereocenters. The van der Waals surface area contributed by atoms with Crippen molar-refractivity contribution in [2.75, 3.05) is 11.9 Å². The van der Waals surface area contributed by atoms with Gasteiger partial charge in [0.25, 0.3) is 11.6 Å². The summed E-state index contributed by atoms with van der Waals surface area (Å²) < 4.78 is 10.4. The summed E-state index contributed by atoms with van der Waals surface area (Å²) in [6, 6.07) is 12.8. The van der Waals surface area contributed by atoms with Gasteiger partial charge >= 0.3 is 5.97 Å². The molecule has 0 aliphatic rings. The van der Waals surface area contributed by atoms with Crippen molar-refractivity contribution in [1.82, 2.24) is 0 Å². The Morgan fingerprint density at radius 1 is 1.18 bits per heavy atom. The monoisotopic (exact) mass is 384 g/mol. The summed E-state index contributed by atoms with van der Waals surface area (Å²) in [6.07, 6.45) is 1.62. The Balaban J connectivity index is 1.92. The number of carbonyl (C=O) groups excluding carboxylic acids is 2. The van der Waals surface area contributed by atoms with Crippen molar-refractivity contribution in [3.8, 4) is 5.75 Å². The van der Waals surface area contributed by atoms with Crippen LogP contribution in [0.4, 0.5) is 11.4 Å². The van der Waals surface area contributed by atoms with Crippen LogP contribution in [0.1, 0.15) is 19.4 Å². The first-order valence-corrected chi connectivity index (χ1v) is 8.56. The maximum Gasteiger partial charge on any atom is 0.331 e. The zero-order valence-corrected chi connectivity index (χ0v) is 15.5. The predicted molar refractivity (Wildman–Crippen MR) is 104 cm³/mol. The lowest BCUT2D eigenvalue weighted by molar-refractivity contribution is -0.383. The van der Waals surface area contributed by atoms with Crippen molar-refractivity contribution < 1.29 is 24.0 Å². The Labute approximate surface area is 161 Å². The largest absolute Gasteiger partial charge is 0.494 e. The Morgan fingerprint density at radius 2 is 1.86 bits per heavy atom. The molecule has 0 saturated carbocycles. The number of rotatable bonds is 8. The van der Waals surface area contributed by atoms with Gasteiger partial charge in [0.2, 0.25) is 0 Å². The van der Waals surface area contributed by atoms with Crippen LogP contribution in [0.15, 0.2) is 54.6 Å². The van der Waals surface area contributed by atoms with Crippen molar-refractivity contribution in [2.45, 2.75) is 20.0 Å². The molecule has 146 valence electrons. The Morgan fingerprint density at radius 3 is 2.50 bits per heavy atom. The minimum Gasteiger partial charge on any atom is -0.494 e. The van der Waals surface area contributed by atoms with Crippen LogP contribution in [0.5, 0.6) is 5.75 Å². The first-order valence-electron chi connectivity index (χ1n) is 8.56. The normalized spacial score (nSPS) is 11.6. The summed E-state index contributed by atoms with van der Waals surface area (Å²) >= 11 is 0. The predicted octanol–water partition coefficient (Wildman–Crippen LogP) is 3.58. The van der Waals surface area contributed by atoms with E-state index in [2.05, 4.69) is 5.32 Å². The van der Waals surface area contributed by atoms with Crippen molar-refractivity contribution >= 4 is 29.3 Å². The van der Waals surface area contributed by atoms with Gasteiger partial charge in [0, 0.05) is 12.1 Å². The molecular formula is C20H20N2O6. The zero-order valence-electron chi connectivity index (χ0n) is 15.5. The fourth-order valence-corrected chi connectivity index (χ4v) is 2.25. The van der Waals surface area contributed by atoms with Crippen molar-refractivity contribution in [2.24, 2.45) is 0 Å². The highest BCUT2D eigenvalue weighted by Crippen LogP contribution is 2.23. The molecule has 0 fully saturated rings. The number of nitro benzene ring substituents is 1. The zero-order chi connectivity index (χ0) is 20.5. The molecule has 1 amide bonds. The lowest BCUT2D eigenvalue weighted by Gasteiger charge is -2.12. The smallest absolute Gasteiger partial charge is 0.331 e. The maximum atomic E-state index is 12.1. The number of anilines is 1. The second kappa shape index (κ2) is 9.86. The quantitative estimate of drug-likeness (QED) is 0.323. The Bertz CT molecular complexity index is 877. The molecule has 2 aromatic rings. The summed E-state index contributed by atoms with van der Waals surface area (Å²) in [5, 5.41) is 13.4. The number of ether oxygens (including phenoxy) is 2. The van der Waals surface area contributed by atoms with Crippen LogP contribution in [0.3, 0.4) is 0 Å². The second-order valence-corrected chi connectivity index (χ2v) is 5.68. The van der Waals surface area contributed by atoms with Crippen LogP contribution in [0, 0.1) is 10.1 Å². The molecule has 0 saturated heterocycles. The first-order chi connectivity index (χ1) is 13.4. The molecule has 8 nitrogen and oxygen atoms in total. The summed E-state index contributed by atoms with van der Waals surface area (Å²) in [6.45, 7) is 3.83. The van der Waals surface area contributed by atoms with Gasteiger partial charge in [0.05, 0.1) is 11.5 Å². The fourth-order valence-electron chi connectivity index (χ4n) is 2.25. The number of benzene rings is 2. The van der Waals surface area contributed by atoms with E-state index < -0.39 is 22.9 Å². The van der Waals surface area contributed by atoms with Gasteiger partial charge in [-0.25, -0.2) is 4.79 Å².